The molecule has 4 nitrogen and oxygen atoms in total. The highest BCUT2D eigenvalue weighted by molar-refractivity contribution is 7.99. The fourth-order valence-electron chi connectivity index (χ4n) is 2.58. The Balaban J connectivity index is 5.20. The summed E-state index contributed by atoms with van der Waals surface area (Å²) in [6, 6.07) is 0. The van der Waals surface area contributed by atoms with Gasteiger partial charge in [0.05, 0.1) is 11.3 Å². The van der Waals surface area contributed by atoms with Gasteiger partial charge in [-0.05, 0) is 39.4 Å². The second-order valence-electron chi connectivity index (χ2n) is 5.47. The van der Waals surface area contributed by atoms with Gasteiger partial charge in [0.2, 0.25) is 0 Å². The summed E-state index contributed by atoms with van der Waals surface area (Å²) in [6.07, 6.45) is 5.18. The van der Waals surface area contributed by atoms with E-state index in [9.17, 15) is 4.79 Å². The first-order chi connectivity index (χ1) is 11.1. The Morgan fingerprint density at radius 1 is 0.913 bits per heavy atom. The van der Waals surface area contributed by atoms with Gasteiger partial charge in [0, 0.05) is 19.8 Å². The molecule has 0 aliphatic carbocycles. The van der Waals surface area contributed by atoms with Crippen molar-refractivity contribution in [1.29, 1.82) is 0 Å². The van der Waals surface area contributed by atoms with Crippen LogP contribution in [0.25, 0.3) is 0 Å². The van der Waals surface area contributed by atoms with E-state index in [0.717, 1.165) is 37.9 Å². The summed E-state index contributed by atoms with van der Waals surface area (Å²) in [4.78, 5) is 12.9. The smallest absolute Gasteiger partial charge is 0.373 e. The van der Waals surface area contributed by atoms with Crippen LogP contribution in [0, 0.1) is 0 Å². The van der Waals surface area contributed by atoms with Crippen molar-refractivity contribution in [1.82, 2.24) is 0 Å². The van der Waals surface area contributed by atoms with Gasteiger partial charge in [-0.3, -0.25) is 4.79 Å². The Kier molecular flexibility index (Phi) is 14.5. The maximum atomic E-state index is 12.9. The molecule has 0 saturated heterocycles. The third-order valence-electron chi connectivity index (χ3n) is 3.54. The Labute approximate surface area is 148 Å². The molecule has 0 saturated carbocycles. The number of Topliss-reactive ketones (excluding diaryl/α,β-unsaturated/α-hetero) is 1. The standard InChI is InChI=1S/C17H36O4SSi/c1-6-11-12-13-17(16(18)15-22-14-7-2)23(19-8-3,20-9-4)21-10-5/h17H,6-15H2,1-5H3. The Morgan fingerprint density at radius 2 is 1.48 bits per heavy atom. The van der Waals surface area contributed by atoms with Crippen LogP contribution in [0.1, 0.15) is 66.7 Å². The first-order valence-corrected chi connectivity index (χ1v) is 12.1. The van der Waals surface area contributed by atoms with Crippen LogP contribution in [-0.4, -0.2) is 45.9 Å². The van der Waals surface area contributed by atoms with E-state index in [1.807, 2.05) is 20.8 Å². The van der Waals surface area contributed by atoms with Gasteiger partial charge in [0.25, 0.3) is 0 Å². The van der Waals surface area contributed by atoms with Gasteiger partial charge in [-0.2, -0.15) is 11.8 Å². The van der Waals surface area contributed by atoms with Crippen molar-refractivity contribution >= 4 is 26.3 Å². The van der Waals surface area contributed by atoms with Gasteiger partial charge in [-0.1, -0.05) is 33.1 Å². The summed E-state index contributed by atoms with van der Waals surface area (Å²) in [6.45, 7) is 11.7. The molecule has 1 unspecified atom stereocenters. The van der Waals surface area contributed by atoms with E-state index in [-0.39, 0.29) is 11.3 Å². The molecular formula is C17H36O4SSi. The highest BCUT2D eigenvalue weighted by Crippen LogP contribution is 2.33. The average molecular weight is 365 g/mol. The number of thioether (sulfide) groups is 1. The lowest BCUT2D eigenvalue weighted by Gasteiger charge is -2.34. The number of rotatable bonds is 16. The summed E-state index contributed by atoms with van der Waals surface area (Å²) in [5, 5.41) is 0. The Morgan fingerprint density at radius 3 is 1.91 bits per heavy atom. The van der Waals surface area contributed by atoms with Gasteiger partial charge in [0.15, 0.2) is 0 Å². The molecule has 0 aliphatic rings. The van der Waals surface area contributed by atoms with Crippen molar-refractivity contribution in [2.45, 2.75) is 72.3 Å². The molecule has 0 N–H and O–H groups in total. The average Bonchev–Trinajstić information content (AvgIpc) is 2.52. The SMILES string of the molecule is CCCCCC(C(=O)CSCCC)[Si](OCC)(OCC)OCC. The Bertz CT molecular complexity index is 285. The second kappa shape index (κ2) is 14.5. The van der Waals surface area contributed by atoms with Gasteiger partial charge >= 0.3 is 8.80 Å². The molecular weight excluding hydrogens is 328 g/mol. The monoisotopic (exact) mass is 364 g/mol. The van der Waals surface area contributed by atoms with E-state index in [4.69, 9.17) is 13.3 Å². The molecule has 0 spiro atoms. The van der Waals surface area contributed by atoms with Gasteiger partial charge < -0.3 is 13.3 Å². The number of carbonyl (C=O) groups is 1. The van der Waals surface area contributed by atoms with Gasteiger partial charge in [0.1, 0.15) is 5.78 Å². The van der Waals surface area contributed by atoms with Crippen LogP contribution in [0.2, 0.25) is 5.54 Å². The summed E-state index contributed by atoms with van der Waals surface area (Å²) in [5.41, 5.74) is -0.224. The van der Waals surface area contributed by atoms with Crippen molar-refractivity contribution in [3.05, 3.63) is 0 Å². The molecule has 0 aromatic rings. The van der Waals surface area contributed by atoms with Crippen molar-refractivity contribution in [2.24, 2.45) is 0 Å². The number of hydrogen-bond acceptors (Lipinski definition) is 5. The maximum Gasteiger partial charge on any atom is 0.511 e. The first-order valence-electron chi connectivity index (χ1n) is 9.13. The van der Waals surface area contributed by atoms with Gasteiger partial charge in [-0.25, -0.2) is 0 Å². The predicted molar refractivity (Wildman–Crippen MR) is 101 cm³/mol. The van der Waals surface area contributed by atoms with Gasteiger partial charge in [-0.15, -0.1) is 0 Å². The highest BCUT2D eigenvalue weighted by Gasteiger charge is 2.52. The highest BCUT2D eigenvalue weighted by atomic mass is 32.2. The molecule has 0 amide bonds. The summed E-state index contributed by atoms with van der Waals surface area (Å²) < 4.78 is 18.0. The van der Waals surface area contributed by atoms with Crippen LogP contribution in [0.4, 0.5) is 0 Å². The first kappa shape index (κ1) is 23.1. The third-order valence-corrected chi connectivity index (χ3v) is 8.26. The predicted octanol–water partition coefficient (Wildman–Crippen LogP) is 4.70. The molecule has 138 valence electrons. The van der Waals surface area contributed by atoms with Crippen LogP contribution in [0.15, 0.2) is 0 Å². The minimum atomic E-state index is -2.96. The zero-order chi connectivity index (χ0) is 17.6. The van der Waals surface area contributed by atoms with Crippen molar-refractivity contribution in [2.75, 3.05) is 31.3 Å². The molecule has 1 atom stereocenters. The van der Waals surface area contributed by atoms with Crippen LogP contribution in [0.5, 0.6) is 0 Å². The quantitative estimate of drug-likeness (QED) is 0.293. The molecule has 0 aliphatic heterocycles. The second-order valence-corrected chi connectivity index (χ2v) is 9.35. The Hall–Kier alpha value is 0.117. The maximum absolute atomic E-state index is 12.9. The molecule has 23 heavy (non-hydrogen) atoms. The van der Waals surface area contributed by atoms with Crippen LogP contribution < -0.4 is 0 Å². The van der Waals surface area contributed by atoms with Crippen LogP contribution in [-0.2, 0) is 18.1 Å². The van der Waals surface area contributed by atoms with Crippen LogP contribution in [0.3, 0.4) is 0 Å². The normalized spacial score (nSPS) is 13.3. The zero-order valence-electron chi connectivity index (χ0n) is 15.7. The van der Waals surface area contributed by atoms with E-state index in [2.05, 4.69) is 13.8 Å². The molecule has 0 aromatic carbocycles. The molecule has 0 bridgehead atoms. The lowest BCUT2D eigenvalue weighted by molar-refractivity contribution is -0.118. The number of unbranched alkanes of at least 4 members (excludes halogenated alkanes) is 2. The molecule has 0 fully saturated rings. The number of carbonyl (C=O) groups excluding carboxylic acids is 1. The lowest BCUT2D eigenvalue weighted by Crippen LogP contribution is -2.53. The molecule has 6 heteroatoms. The van der Waals surface area contributed by atoms with E-state index in [1.165, 1.54) is 0 Å². The summed E-state index contributed by atoms with van der Waals surface area (Å²) >= 11 is 1.71. The van der Waals surface area contributed by atoms with Crippen molar-refractivity contribution in [3.8, 4) is 0 Å². The lowest BCUT2D eigenvalue weighted by atomic mass is 10.1. The molecule has 0 heterocycles. The van der Waals surface area contributed by atoms with E-state index in [1.54, 1.807) is 11.8 Å². The summed E-state index contributed by atoms with van der Waals surface area (Å²) in [7, 11) is -2.96. The molecule has 0 aromatic heterocycles. The molecule has 0 rings (SSSR count). The topological polar surface area (TPSA) is 44.8 Å². The fraction of sp³-hybridized carbons (Fsp3) is 0.941. The van der Waals surface area contributed by atoms with E-state index < -0.39 is 8.80 Å². The van der Waals surface area contributed by atoms with Crippen molar-refractivity contribution < 1.29 is 18.1 Å². The molecule has 0 radical (unpaired) electrons. The minimum absolute atomic E-state index is 0.224. The number of hydrogen-bond donors (Lipinski definition) is 0. The third kappa shape index (κ3) is 8.68. The number of ketones is 1. The van der Waals surface area contributed by atoms with Crippen molar-refractivity contribution in [3.63, 3.8) is 0 Å². The van der Waals surface area contributed by atoms with E-state index >= 15 is 0 Å². The zero-order valence-corrected chi connectivity index (χ0v) is 17.5. The summed E-state index contributed by atoms with van der Waals surface area (Å²) in [5.74, 6) is 1.79. The largest absolute Gasteiger partial charge is 0.511 e. The fourth-order valence-corrected chi connectivity index (χ4v) is 6.68. The minimum Gasteiger partial charge on any atom is -0.373 e. The van der Waals surface area contributed by atoms with Crippen LogP contribution >= 0.6 is 11.8 Å². The van der Waals surface area contributed by atoms with E-state index in [0.29, 0.717) is 25.6 Å².